The van der Waals surface area contributed by atoms with Crippen LogP contribution in [0.4, 0.5) is 5.69 Å². The first kappa shape index (κ1) is 12.5. The van der Waals surface area contributed by atoms with Gasteiger partial charge in [-0.1, -0.05) is 12.1 Å². The van der Waals surface area contributed by atoms with Crippen molar-refractivity contribution in [2.24, 2.45) is 11.5 Å². The molecule has 0 aliphatic carbocycles. The van der Waals surface area contributed by atoms with Gasteiger partial charge in [0.2, 0.25) is 0 Å². The summed E-state index contributed by atoms with van der Waals surface area (Å²) < 4.78 is 5.52. The molecule has 4 heteroatoms. The zero-order chi connectivity index (χ0) is 11.8. The van der Waals surface area contributed by atoms with E-state index >= 15 is 0 Å². The summed E-state index contributed by atoms with van der Waals surface area (Å²) >= 11 is 0. The second-order valence-corrected chi connectivity index (χ2v) is 3.43. The first-order chi connectivity index (χ1) is 7.81. The van der Waals surface area contributed by atoms with E-state index in [4.69, 9.17) is 22.8 Å². The number of nitrogens with two attached hydrogens (primary N) is 2. The predicted molar refractivity (Wildman–Crippen MR) is 64.6 cm³/mol. The average Bonchev–Trinajstić information content (AvgIpc) is 2.34. The summed E-state index contributed by atoms with van der Waals surface area (Å²) in [6.07, 6.45) is 1.78. The van der Waals surface area contributed by atoms with Crippen LogP contribution in [-0.4, -0.2) is 19.7 Å². The average molecular weight is 219 g/mol. The van der Waals surface area contributed by atoms with Crippen LogP contribution in [0.5, 0.6) is 5.75 Å². The molecule has 0 saturated heterocycles. The molecule has 0 heterocycles. The third kappa shape index (κ3) is 3.54. The van der Waals surface area contributed by atoms with Crippen molar-refractivity contribution in [1.82, 2.24) is 0 Å². The van der Waals surface area contributed by atoms with Crippen molar-refractivity contribution in [2.45, 2.75) is 12.8 Å². The fourth-order valence-corrected chi connectivity index (χ4v) is 1.42. The minimum absolute atomic E-state index is 0.469. The molecule has 0 aliphatic heterocycles. The van der Waals surface area contributed by atoms with Gasteiger partial charge in [-0.05, 0) is 31.0 Å². The highest BCUT2D eigenvalue weighted by atomic mass is 16.5. The smallest absolute Gasteiger partial charge is 0.190 e. The molecule has 0 aromatic heterocycles. The van der Waals surface area contributed by atoms with Gasteiger partial charge in [0.05, 0.1) is 6.57 Å². The molecule has 0 bridgehead atoms. The zero-order valence-corrected chi connectivity index (χ0v) is 9.28. The Kier molecular flexibility index (Phi) is 5.34. The minimum Gasteiger partial charge on any atom is -0.493 e. The van der Waals surface area contributed by atoms with Gasteiger partial charge in [0, 0.05) is 6.54 Å². The summed E-state index contributed by atoms with van der Waals surface area (Å²) in [6, 6.07) is 5.48. The van der Waals surface area contributed by atoms with Crippen molar-refractivity contribution in [1.29, 1.82) is 0 Å². The third-order valence-corrected chi connectivity index (χ3v) is 2.21. The van der Waals surface area contributed by atoms with Gasteiger partial charge in [-0.3, -0.25) is 0 Å². The molecule has 1 aromatic carbocycles. The molecule has 0 radical (unpaired) electrons. The lowest BCUT2D eigenvalue weighted by molar-refractivity contribution is 0.325. The Morgan fingerprint density at radius 1 is 1.25 bits per heavy atom. The van der Waals surface area contributed by atoms with Crippen LogP contribution < -0.4 is 16.2 Å². The lowest BCUT2D eigenvalue weighted by Crippen LogP contribution is -2.11. The van der Waals surface area contributed by atoms with Gasteiger partial charge in [0.1, 0.15) is 12.4 Å². The lowest BCUT2D eigenvalue weighted by atomic mass is 10.1. The summed E-state index contributed by atoms with van der Waals surface area (Å²) in [4.78, 5) is 3.37. The van der Waals surface area contributed by atoms with E-state index < -0.39 is 0 Å². The van der Waals surface area contributed by atoms with Gasteiger partial charge in [-0.25, -0.2) is 4.85 Å². The van der Waals surface area contributed by atoms with Crippen molar-refractivity contribution in [3.63, 3.8) is 0 Å². The van der Waals surface area contributed by atoms with Crippen molar-refractivity contribution < 1.29 is 4.74 Å². The molecule has 0 aliphatic rings. The van der Waals surface area contributed by atoms with Gasteiger partial charge in [-0.2, -0.15) is 0 Å². The summed E-state index contributed by atoms with van der Waals surface area (Å²) in [5.41, 5.74) is 12.5. The van der Waals surface area contributed by atoms with Crippen LogP contribution in [0.1, 0.15) is 12.0 Å². The molecule has 0 unspecified atom stereocenters. The van der Waals surface area contributed by atoms with Gasteiger partial charge >= 0.3 is 0 Å². The largest absolute Gasteiger partial charge is 0.493 e. The van der Waals surface area contributed by atoms with Crippen LogP contribution in [0.2, 0.25) is 0 Å². The molecular weight excluding hydrogens is 202 g/mol. The number of rotatable bonds is 6. The molecule has 4 nitrogen and oxygen atoms in total. The van der Waals surface area contributed by atoms with Crippen LogP contribution in [0, 0.1) is 6.57 Å². The Hall–Kier alpha value is -1.57. The van der Waals surface area contributed by atoms with Crippen LogP contribution in [0.25, 0.3) is 4.85 Å². The van der Waals surface area contributed by atoms with Crippen molar-refractivity contribution in [3.8, 4) is 5.75 Å². The third-order valence-electron chi connectivity index (χ3n) is 2.21. The van der Waals surface area contributed by atoms with Crippen LogP contribution in [-0.2, 0) is 6.42 Å². The molecule has 4 N–H and O–H groups in total. The lowest BCUT2D eigenvalue weighted by Gasteiger charge is -2.11. The number of hydrogen-bond acceptors (Lipinski definition) is 3. The van der Waals surface area contributed by atoms with Gasteiger partial charge < -0.3 is 16.2 Å². The standard InChI is InChI=1S/C12H17N3O/c1-15-11-5-4-10(3-2-6-13)12(9-11)16-8-7-14/h4-5,9H,2-3,6-8,13-14H2. The summed E-state index contributed by atoms with van der Waals surface area (Å²) in [5, 5.41) is 0. The Morgan fingerprint density at radius 2 is 2.06 bits per heavy atom. The van der Waals surface area contributed by atoms with E-state index in [9.17, 15) is 0 Å². The fourth-order valence-electron chi connectivity index (χ4n) is 1.42. The highest BCUT2D eigenvalue weighted by molar-refractivity contribution is 5.52. The number of nitrogens with zero attached hydrogens (tertiary/aromatic N) is 1. The quantitative estimate of drug-likeness (QED) is 0.712. The van der Waals surface area contributed by atoms with E-state index in [1.165, 1.54) is 0 Å². The predicted octanol–water partition coefficient (Wildman–Crippen LogP) is 1.47. The van der Waals surface area contributed by atoms with Crippen LogP contribution >= 0.6 is 0 Å². The topological polar surface area (TPSA) is 65.6 Å². The molecule has 0 amide bonds. The van der Waals surface area contributed by atoms with E-state index in [1.807, 2.05) is 6.07 Å². The first-order valence-electron chi connectivity index (χ1n) is 5.35. The second-order valence-electron chi connectivity index (χ2n) is 3.43. The molecule has 0 spiro atoms. The van der Waals surface area contributed by atoms with Crippen LogP contribution in [0.3, 0.4) is 0 Å². The van der Waals surface area contributed by atoms with Gasteiger partial charge in [0.15, 0.2) is 5.69 Å². The van der Waals surface area contributed by atoms with E-state index in [1.54, 1.807) is 12.1 Å². The maximum absolute atomic E-state index is 6.95. The van der Waals surface area contributed by atoms with E-state index in [0.29, 0.717) is 25.4 Å². The Labute approximate surface area is 96.0 Å². The fraction of sp³-hybridized carbons (Fsp3) is 0.417. The number of benzene rings is 1. The van der Waals surface area contributed by atoms with Crippen molar-refractivity contribution in [3.05, 3.63) is 35.2 Å². The second kappa shape index (κ2) is 6.83. The van der Waals surface area contributed by atoms with Gasteiger partial charge in [0.25, 0.3) is 0 Å². The van der Waals surface area contributed by atoms with E-state index in [-0.39, 0.29) is 0 Å². The Balaban J connectivity index is 2.83. The Morgan fingerprint density at radius 3 is 2.69 bits per heavy atom. The molecule has 0 atom stereocenters. The maximum Gasteiger partial charge on any atom is 0.190 e. The summed E-state index contributed by atoms with van der Waals surface area (Å²) in [7, 11) is 0. The zero-order valence-electron chi connectivity index (χ0n) is 9.28. The molecule has 16 heavy (non-hydrogen) atoms. The summed E-state index contributed by atoms with van der Waals surface area (Å²) in [5.74, 6) is 0.757. The highest BCUT2D eigenvalue weighted by Crippen LogP contribution is 2.26. The van der Waals surface area contributed by atoms with E-state index in [2.05, 4.69) is 4.85 Å². The Bertz CT molecular complexity index is 371. The number of aryl methyl sites for hydroxylation is 1. The maximum atomic E-state index is 6.95. The van der Waals surface area contributed by atoms with E-state index in [0.717, 1.165) is 24.2 Å². The molecule has 0 saturated carbocycles. The first-order valence-corrected chi connectivity index (χ1v) is 5.35. The normalized spacial score (nSPS) is 9.81. The van der Waals surface area contributed by atoms with Gasteiger partial charge in [-0.15, -0.1) is 0 Å². The van der Waals surface area contributed by atoms with Crippen molar-refractivity contribution >= 4 is 5.69 Å². The molecular formula is C12H17N3O. The number of hydrogen-bond donors (Lipinski definition) is 2. The molecule has 1 rings (SSSR count). The molecule has 1 aromatic rings. The summed E-state index contributed by atoms with van der Waals surface area (Å²) in [6.45, 7) is 8.54. The van der Waals surface area contributed by atoms with Crippen LogP contribution in [0.15, 0.2) is 18.2 Å². The molecule has 0 fully saturated rings. The number of ether oxygens (including phenoxy) is 1. The SMILES string of the molecule is [C-]#[N+]c1ccc(CCCN)c(OCCN)c1. The highest BCUT2D eigenvalue weighted by Gasteiger charge is 2.04. The minimum atomic E-state index is 0.469. The molecule has 86 valence electrons. The monoisotopic (exact) mass is 219 g/mol. The van der Waals surface area contributed by atoms with Crippen molar-refractivity contribution in [2.75, 3.05) is 19.7 Å².